The van der Waals surface area contributed by atoms with E-state index in [0.29, 0.717) is 19.7 Å². The smallest absolute Gasteiger partial charge is 0.244 e. The van der Waals surface area contributed by atoms with E-state index in [2.05, 4.69) is 9.88 Å². The summed E-state index contributed by atoms with van der Waals surface area (Å²) >= 11 is 0. The van der Waals surface area contributed by atoms with Crippen LogP contribution in [-0.4, -0.2) is 63.6 Å². The van der Waals surface area contributed by atoms with E-state index in [1.165, 1.54) is 24.6 Å². The van der Waals surface area contributed by atoms with Gasteiger partial charge in [-0.25, -0.2) is 17.7 Å². The number of pyridine rings is 1. The van der Waals surface area contributed by atoms with Gasteiger partial charge in [0.2, 0.25) is 10.0 Å². The predicted molar refractivity (Wildman–Crippen MR) is 80.7 cm³/mol. The SMILES string of the molecule is CC1COC(CN)CN1c1ccc(S(=O)(=O)N(C)C)cn1. The molecule has 1 aromatic heterocycles. The number of nitrogens with two attached hydrogens (primary N) is 1. The first-order valence-electron chi connectivity index (χ1n) is 6.83. The maximum atomic E-state index is 12.0. The fraction of sp³-hybridized carbons (Fsp3) is 0.615. The quantitative estimate of drug-likeness (QED) is 0.834. The van der Waals surface area contributed by atoms with Crippen LogP contribution in [0.15, 0.2) is 23.2 Å². The summed E-state index contributed by atoms with van der Waals surface area (Å²) in [6, 6.07) is 3.49. The van der Waals surface area contributed by atoms with Gasteiger partial charge in [-0.05, 0) is 19.1 Å². The molecule has 7 nitrogen and oxygen atoms in total. The highest BCUT2D eigenvalue weighted by molar-refractivity contribution is 7.89. The van der Waals surface area contributed by atoms with Crippen LogP contribution in [0.3, 0.4) is 0 Å². The molecule has 21 heavy (non-hydrogen) atoms. The lowest BCUT2D eigenvalue weighted by atomic mass is 10.2. The average molecular weight is 314 g/mol. The van der Waals surface area contributed by atoms with Crippen molar-refractivity contribution in [2.24, 2.45) is 5.73 Å². The van der Waals surface area contributed by atoms with Gasteiger partial charge in [-0.3, -0.25) is 0 Å². The maximum absolute atomic E-state index is 12.0. The first-order chi connectivity index (χ1) is 9.86. The third-order valence-electron chi connectivity index (χ3n) is 3.56. The van der Waals surface area contributed by atoms with Crippen molar-refractivity contribution in [1.29, 1.82) is 0 Å². The Bertz CT molecular complexity index is 574. The van der Waals surface area contributed by atoms with Gasteiger partial charge in [0, 0.05) is 33.4 Å². The number of hydrogen-bond acceptors (Lipinski definition) is 6. The second-order valence-corrected chi connectivity index (χ2v) is 7.48. The normalized spacial score (nSPS) is 23.6. The zero-order valence-corrected chi connectivity index (χ0v) is 13.4. The van der Waals surface area contributed by atoms with Crippen molar-refractivity contribution >= 4 is 15.8 Å². The van der Waals surface area contributed by atoms with Gasteiger partial charge in [0.05, 0.1) is 18.8 Å². The van der Waals surface area contributed by atoms with Crippen molar-refractivity contribution in [2.45, 2.75) is 24.0 Å². The van der Waals surface area contributed by atoms with Crippen molar-refractivity contribution in [3.8, 4) is 0 Å². The second kappa shape index (κ2) is 6.27. The van der Waals surface area contributed by atoms with Crippen molar-refractivity contribution in [1.82, 2.24) is 9.29 Å². The van der Waals surface area contributed by atoms with Gasteiger partial charge in [-0.2, -0.15) is 0 Å². The topological polar surface area (TPSA) is 88.8 Å². The molecule has 1 aromatic rings. The number of aromatic nitrogens is 1. The van der Waals surface area contributed by atoms with Crippen LogP contribution >= 0.6 is 0 Å². The van der Waals surface area contributed by atoms with Crippen LogP contribution < -0.4 is 10.6 Å². The molecule has 0 radical (unpaired) electrons. The number of ether oxygens (including phenoxy) is 1. The molecule has 2 atom stereocenters. The zero-order valence-electron chi connectivity index (χ0n) is 12.6. The van der Waals surface area contributed by atoms with Crippen molar-refractivity contribution in [2.75, 3.05) is 38.7 Å². The first kappa shape index (κ1) is 16.2. The van der Waals surface area contributed by atoms with E-state index in [0.717, 1.165) is 5.82 Å². The molecule has 1 fully saturated rings. The van der Waals surface area contributed by atoms with Gasteiger partial charge in [0.1, 0.15) is 10.7 Å². The van der Waals surface area contributed by atoms with Gasteiger partial charge in [0.15, 0.2) is 0 Å². The van der Waals surface area contributed by atoms with Crippen LogP contribution in [0, 0.1) is 0 Å². The Balaban J connectivity index is 2.22. The summed E-state index contributed by atoms with van der Waals surface area (Å²) < 4.78 is 30.8. The van der Waals surface area contributed by atoms with E-state index in [1.54, 1.807) is 12.1 Å². The van der Waals surface area contributed by atoms with Gasteiger partial charge in [-0.1, -0.05) is 0 Å². The van der Waals surface area contributed by atoms with Crippen LogP contribution in [0.25, 0.3) is 0 Å². The molecule has 2 unspecified atom stereocenters. The highest BCUT2D eigenvalue weighted by Crippen LogP contribution is 2.21. The first-order valence-corrected chi connectivity index (χ1v) is 8.27. The summed E-state index contributed by atoms with van der Waals surface area (Å²) in [6.45, 7) is 3.74. The lowest BCUT2D eigenvalue weighted by Gasteiger charge is -2.38. The van der Waals surface area contributed by atoms with Crippen molar-refractivity contribution < 1.29 is 13.2 Å². The number of nitrogens with zero attached hydrogens (tertiary/aromatic N) is 3. The maximum Gasteiger partial charge on any atom is 0.244 e. The van der Waals surface area contributed by atoms with E-state index in [1.807, 2.05) is 6.92 Å². The Morgan fingerprint density at radius 1 is 1.48 bits per heavy atom. The summed E-state index contributed by atoms with van der Waals surface area (Å²) in [4.78, 5) is 6.57. The van der Waals surface area contributed by atoms with E-state index in [4.69, 9.17) is 10.5 Å². The molecule has 2 heterocycles. The average Bonchev–Trinajstić information content (AvgIpc) is 2.48. The van der Waals surface area contributed by atoms with Crippen LogP contribution in [0.1, 0.15) is 6.92 Å². The van der Waals surface area contributed by atoms with E-state index in [9.17, 15) is 8.42 Å². The minimum Gasteiger partial charge on any atom is -0.373 e. The van der Waals surface area contributed by atoms with Crippen LogP contribution in [-0.2, 0) is 14.8 Å². The summed E-state index contributed by atoms with van der Waals surface area (Å²) in [6.07, 6.45) is 1.37. The molecule has 0 bridgehead atoms. The molecule has 0 amide bonds. The number of rotatable bonds is 4. The van der Waals surface area contributed by atoms with E-state index in [-0.39, 0.29) is 17.0 Å². The lowest BCUT2D eigenvalue weighted by molar-refractivity contribution is 0.0280. The Morgan fingerprint density at radius 2 is 2.19 bits per heavy atom. The molecule has 0 aliphatic carbocycles. The van der Waals surface area contributed by atoms with Crippen LogP contribution in [0.2, 0.25) is 0 Å². The fourth-order valence-corrected chi connectivity index (χ4v) is 3.03. The standard InChI is InChI=1S/C13H22N4O3S/c1-10-9-20-11(6-14)8-17(10)13-5-4-12(7-15-13)21(18,19)16(2)3/h4-5,7,10-11H,6,8-9,14H2,1-3H3. The van der Waals surface area contributed by atoms with Crippen molar-refractivity contribution in [3.05, 3.63) is 18.3 Å². The molecule has 1 aliphatic heterocycles. The molecule has 0 aromatic carbocycles. The molecule has 8 heteroatoms. The Labute approximate surface area is 125 Å². The van der Waals surface area contributed by atoms with Gasteiger partial charge < -0.3 is 15.4 Å². The predicted octanol–water partition coefficient (Wildman–Crippen LogP) is -0.116. The van der Waals surface area contributed by atoms with Gasteiger partial charge in [-0.15, -0.1) is 0 Å². The Kier molecular flexibility index (Phi) is 4.82. The molecule has 0 saturated carbocycles. The lowest BCUT2D eigenvalue weighted by Crippen LogP contribution is -2.51. The Hall–Kier alpha value is -1.22. The number of morpholine rings is 1. The minimum absolute atomic E-state index is 0.0202. The second-order valence-electron chi connectivity index (χ2n) is 5.33. The third kappa shape index (κ3) is 3.34. The molecular formula is C13H22N4O3S. The number of sulfonamides is 1. The monoisotopic (exact) mass is 314 g/mol. The molecule has 1 aliphatic rings. The molecular weight excluding hydrogens is 292 g/mol. The third-order valence-corrected chi connectivity index (χ3v) is 5.36. The largest absolute Gasteiger partial charge is 0.373 e. The van der Waals surface area contributed by atoms with Gasteiger partial charge >= 0.3 is 0 Å². The van der Waals surface area contributed by atoms with Crippen LogP contribution in [0.4, 0.5) is 5.82 Å². The minimum atomic E-state index is -3.45. The van der Waals surface area contributed by atoms with E-state index < -0.39 is 10.0 Å². The number of hydrogen-bond donors (Lipinski definition) is 1. The summed E-state index contributed by atoms with van der Waals surface area (Å²) in [5.41, 5.74) is 5.65. The summed E-state index contributed by atoms with van der Waals surface area (Å²) in [5.74, 6) is 0.738. The fourth-order valence-electron chi connectivity index (χ4n) is 2.19. The highest BCUT2D eigenvalue weighted by atomic mass is 32.2. The molecule has 118 valence electrons. The van der Waals surface area contributed by atoms with Crippen molar-refractivity contribution in [3.63, 3.8) is 0 Å². The summed E-state index contributed by atoms with van der Waals surface area (Å²) in [7, 11) is -0.447. The molecule has 0 spiro atoms. The molecule has 2 rings (SSSR count). The zero-order chi connectivity index (χ0) is 15.6. The molecule has 1 saturated heterocycles. The summed E-state index contributed by atoms with van der Waals surface area (Å²) in [5, 5.41) is 0. The highest BCUT2D eigenvalue weighted by Gasteiger charge is 2.26. The number of anilines is 1. The van der Waals surface area contributed by atoms with E-state index >= 15 is 0 Å². The van der Waals surface area contributed by atoms with Gasteiger partial charge in [0.25, 0.3) is 0 Å². The van der Waals surface area contributed by atoms with Crippen LogP contribution in [0.5, 0.6) is 0 Å². The Morgan fingerprint density at radius 3 is 2.71 bits per heavy atom. The molecule has 2 N–H and O–H groups in total.